The van der Waals surface area contributed by atoms with Crippen molar-refractivity contribution in [3.05, 3.63) is 92.9 Å². The van der Waals surface area contributed by atoms with Crippen LogP contribution in [0.25, 0.3) is 0 Å². The van der Waals surface area contributed by atoms with Crippen molar-refractivity contribution >= 4 is 23.2 Å². The molecule has 3 aromatic rings. The molecule has 1 aromatic heterocycles. The van der Waals surface area contributed by atoms with Crippen LogP contribution >= 0.6 is 11.3 Å². The summed E-state index contributed by atoms with van der Waals surface area (Å²) in [6.07, 6.45) is 5.17. The fraction of sp³-hybridized carbons (Fsp3) is 0.379. The quantitative estimate of drug-likeness (QED) is 0.360. The van der Waals surface area contributed by atoms with Gasteiger partial charge in [0.1, 0.15) is 12.4 Å². The molecule has 184 valence electrons. The third kappa shape index (κ3) is 6.57. The molecule has 2 aromatic carbocycles. The third-order valence-electron chi connectivity index (χ3n) is 6.82. The molecule has 0 saturated heterocycles. The first-order chi connectivity index (χ1) is 16.9. The van der Waals surface area contributed by atoms with Crippen LogP contribution in [0.15, 0.2) is 60.0 Å². The van der Waals surface area contributed by atoms with Crippen molar-refractivity contribution in [3.63, 3.8) is 0 Å². The number of rotatable bonds is 8. The Kier molecular flexibility index (Phi) is 8.34. The zero-order chi connectivity index (χ0) is 24.8. The molecule has 1 saturated carbocycles. The first-order valence-electron chi connectivity index (χ1n) is 12.3. The molecule has 0 bridgehead atoms. The fourth-order valence-electron chi connectivity index (χ4n) is 4.65. The van der Waals surface area contributed by atoms with Crippen molar-refractivity contribution < 1.29 is 14.0 Å². The van der Waals surface area contributed by atoms with Gasteiger partial charge in [0.05, 0.1) is 6.54 Å². The number of hydrogen-bond acceptors (Lipinski definition) is 3. The molecule has 0 aliphatic heterocycles. The predicted octanol–water partition coefficient (Wildman–Crippen LogP) is 6.51. The van der Waals surface area contributed by atoms with E-state index in [-0.39, 0.29) is 30.2 Å². The number of halogens is 1. The lowest BCUT2D eigenvalue weighted by atomic mass is 9.93. The molecule has 1 fully saturated rings. The van der Waals surface area contributed by atoms with Gasteiger partial charge in [0, 0.05) is 23.0 Å². The van der Waals surface area contributed by atoms with E-state index >= 15 is 0 Å². The monoisotopic (exact) mass is 492 g/mol. The summed E-state index contributed by atoms with van der Waals surface area (Å²) in [5.74, 6) is -0.472. The molecule has 0 unspecified atom stereocenters. The average molecular weight is 493 g/mol. The molecule has 0 radical (unpaired) electrons. The van der Waals surface area contributed by atoms with Crippen LogP contribution in [0, 0.1) is 19.7 Å². The maximum absolute atomic E-state index is 13.8. The molecule has 4 rings (SSSR count). The Morgan fingerprint density at radius 3 is 2.23 bits per heavy atom. The number of amides is 2. The summed E-state index contributed by atoms with van der Waals surface area (Å²) >= 11 is 1.63. The number of carbonyl (C=O) groups excluding carboxylic acids is 2. The van der Waals surface area contributed by atoms with Gasteiger partial charge in [-0.15, -0.1) is 11.3 Å². The number of thiophene rings is 1. The largest absolute Gasteiger partial charge is 0.332 e. The minimum absolute atomic E-state index is 0.0446. The lowest BCUT2D eigenvalue weighted by Crippen LogP contribution is -2.48. The molecule has 0 spiro atoms. The second kappa shape index (κ2) is 11.6. The molecule has 1 aliphatic rings. The van der Waals surface area contributed by atoms with E-state index in [2.05, 4.69) is 6.07 Å². The molecular weight excluding hydrogens is 459 g/mol. The predicted molar refractivity (Wildman–Crippen MR) is 139 cm³/mol. The zero-order valence-corrected chi connectivity index (χ0v) is 21.3. The summed E-state index contributed by atoms with van der Waals surface area (Å²) in [6, 6.07) is 16.0. The van der Waals surface area contributed by atoms with E-state index in [9.17, 15) is 14.0 Å². The van der Waals surface area contributed by atoms with Crippen molar-refractivity contribution in [3.8, 4) is 0 Å². The summed E-state index contributed by atoms with van der Waals surface area (Å²) in [6.45, 7) is 4.92. The molecule has 35 heavy (non-hydrogen) atoms. The number of hydrogen-bond donors (Lipinski definition) is 0. The normalized spacial score (nSPS) is 14.0. The highest BCUT2D eigenvalue weighted by molar-refractivity contribution is 7.10. The van der Waals surface area contributed by atoms with E-state index in [1.807, 2.05) is 43.5 Å². The standard InChI is InChI=1S/C29H33FN2O2S/c1-21-8-12-24(13-9-21)29(34)32(26-6-4-3-5-7-26)20-28(33)31(19-27-22(2)16-17-35-27)18-23-10-14-25(30)15-11-23/h8-17,26H,3-7,18-20H2,1-2H3. The summed E-state index contributed by atoms with van der Waals surface area (Å²) in [5.41, 5.74) is 3.72. The van der Waals surface area contributed by atoms with Crippen molar-refractivity contribution in [2.75, 3.05) is 6.54 Å². The van der Waals surface area contributed by atoms with E-state index in [0.29, 0.717) is 18.7 Å². The smallest absolute Gasteiger partial charge is 0.254 e. The van der Waals surface area contributed by atoms with E-state index in [1.165, 1.54) is 18.6 Å². The zero-order valence-electron chi connectivity index (χ0n) is 20.5. The second-order valence-corrected chi connectivity index (χ2v) is 10.5. The summed E-state index contributed by atoms with van der Waals surface area (Å²) in [7, 11) is 0. The summed E-state index contributed by atoms with van der Waals surface area (Å²) < 4.78 is 13.5. The van der Waals surface area contributed by atoms with Gasteiger partial charge in [0.2, 0.25) is 5.91 Å². The highest BCUT2D eigenvalue weighted by Crippen LogP contribution is 2.25. The molecular formula is C29H33FN2O2S. The topological polar surface area (TPSA) is 40.6 Å². The van der Waals surface area contributed by atoms with Crippen molar-refractivity contribution in [1.29, 1.82) is 0 Å². The van der Waals surface area contributed by atoms with Crippen LogP contribution in [0.4, 0.5) is 4.39 Å². The van der Waals surface area contributed by atoms with Gasteiger partial charge in [0.25, 0.3) is 5.91 Å². The Bertz CT molecular complexity index is 1130. The molecule has 6 heteroatoms. The number of aryl methyl sites for hydroxylation is 2. The van der Waals surface area contributed by atoms with Crippen LogP contribution in [0.1, 0.15) is 64.0 Å². The van der Waals surface area contributed by atoms with Crippen molar-refractivity contribution in [2.24, 2.45) is 0 Å². The van der Waals surface area contributed by atoms with Crippen molar-refractivity contribution in [2.45, 2.75) is 65.1 Å². The van der Waals surface area contributed by atoms with E-state index < -0.39 is 0 Å². The SMILES string of the molecule is Cc1ccc(C(=O)N(CC(=O)N(Cc2ccc(F)cc2)Cc2sccc2C)C2CCCCC2)cc1. The minimum Gasteiger partial charge on any atom is -0.332 e. The van der Waals surface area contributed by atoms with Gasteiger partial charge in [-0.3, -0.25) is 9.59 Å². The molecule has 1 aliphatic carbocycles. The molecule has 2 amide bonds. The van der Waals surface area contributed by atoms with Crippen LogP contribution in [0.2, 0.25) is 0 Å². The maximum Gasteiger partial charge on any atom is 0.254 e. The van der Waals surface area contributed by atoms with Gasteiger partial charge >= 0.3 is 0 Å². The van der Waals surface area contributed by atoms with E-state index in [1.54, 1.807) is 33.3 Å². The Balaban J connectivity index is 1.58. The van der Waals surface area contributed by atoms with Crippen LogP contribution in [-0.4, -0.2) is 34.2 Å². The first kappa shape index (κ1) is 25.1. The van der Waals surface area contributed by atoms with Gasteiger partial charge in [-0.2, -0.15) is 0 Å². The van der Waals surface area contributed by atoms with Crippen LogP contribution in [-0.2, 0) is 17.9 Å². The molecule has 4 nitrogen and oxygen atoms in total. The number of nitrogens with zero attached hydrogens (tertiary/aromatic N) is 2. The van der Waals surface area contributed by atoms with Gasteiger partial charge in [-0.25, -0.2) is 4.39 Å². The number of benzene rings is 2. The van der Waals surface area contributed by atoms with Gasteiger partial charge in [0.15, 0.2) is 0 Å². The molecule has 0 atom stereocenters. The summed E-state index contributed by atoms with van der Waals surface area (Å²) in [5, 5.41) is 2.03. The highest BCUT2D eigenvalue weighted by atomic mass is 32.1. The van der Waals surface area contributed by atoms with Crippen LogP contribution in [0.3, 0.4) is 0 Å². The van der Waals surface area contributed by atoms with Gasteiger partial charge < -0.3 is 9.80 Å². The Morgan fingerprint density at radius 2 is 1.60 bits per heavy atom. The highest BCUT2D eigenvalue weighted by Gasteiger charge is 2.30. The first-order valence-corrected chi connectivity index (χ1v) is 13.2. The average Bonchev–Trinajstić information content (AvgIpc) is 3.28. The van der Waals surface area contributed by atoms with Crippen molar-refractivity contribution in [1.82, 2.24) is 9.80 Å². The Morgan fingerprint density at radius 1 is 0.914 bits per heavy atom. The van der Waals surface area contributed by atoms with Gasteiger partial charge in [-0.05, 0) is 73.5 Å². The van der Waals surface area contributed by atoms with E-state index in [0.717, 1.165) is 47.3 Å². The molecule has 1 heterocycles. The lowest BCUT2D eigenvalue weighted by molar-refractivity contribution is -0.133. The third-order valence-corrected chi connectivity index (χ3v) is 7.83. The van der Waals surface area contributed by atoms with Gasteiger partial charge in [-0.1, -0.05) is 49.1 Å². The van der Waals surface area contributed by atoms with E-state index in [4.69, 9.17) is 0 Å². The Hall–Kier alpha value is -2.99. The Labute approximate surface area is 211 Å². The van der Waals surface area contributed by atoms with Crippen LogP contribution < -0.4 is 0 Å². The van der Waals surface area contributed by atoms with Crippen LogP contribution in [0.5, 0.6) is 0 Å². The minimum atomic E-state index is -0.298. The molecule has 0 N–H and O–H groups in total. The second-order valence-electron chi connectivity index (χ2n) is 9.49. The summed E-state index contributed by atoms with van der Waals surface area (Å²) in [4.78, 5) is 32.1. The lowest BCUT2D eigenvalue weighted by Gasteiger charge is -2.35. The fourth-order valence-corrected chi connectivity index (χ4v) is 5.57. The maximum atomic E-state index is 13.8. The number of carbonyl (C=O) groups is 2.